The van der Waals surface area contributed by atoms with Gasteiger partial charge in [-0.05, 0) is 42.9 Å². The number of hydrogen-bond acceptors (Lipinski definition) is 6. The van der Waals surface area contributed by atoms with Gasteiger partial charge in [0.05, 0.1) is 18.0 Å². The Morgan fingerprint density at radius 1 is 1.13 bits per heavy atom. The van der Waals surface area contributed by atoms with E-state index in [4.69, 9.17) is 4.74 Å². The quantitative estimate of drug-likeness (QED) is 0.697. The molecule has 0 unspecified atom stereocenters. The second kappa shape index (κ2) is 8.08. The van der Waals surface area contributed by atoms with Crippen molar-refractivity contribution in [3.63, 3.8) is 0 Å². The molecule has 2 aliphatic rings. The minimum atomic E-state index is -0.177. The van der Waals surface area contributed by atoms with Gasteiger partial charge in [0, 0.05) is 43.5 Å². The van der Waals surface area contributed by atoms with E-state index < -0.39 is 0 Å². The number of rotatable bonds is 4. The average molecular weight is 421 g/mol. The highest BCUT2D eigenvalue weighted by molar-refractivity contribution is 7.13. The molecule has 0 radical (unpaired) electrons. The summed E-state index contributed by atoms with van der Waals surface area (Å²) in [5.41, 5.74) is 4.57. The highest BCUT2D eigenvalue weighted by Crippen LogP contribution is 2.32. The monoisotopic (exact) mass is 420 g/mol. The number of para-hydroxylation sites is 2. The third-order valence-corrected chi connectivity index (χ3v) is 6.56. The lowest BCUT2D eigenvalue weighted by Crippen LogP contribution is -2.44. The molecule has 154 valence electrons. The Hall–Kier alpha value is -2.90. The summed E-state index contributed by atoms with van der Waals surface area (Å²) < 4.78 is 5.58. The number of carbonyl (C=O) groups is 1. The first-order valence-corrected chi connectivity index (χ1v) is 11.1. The number of hydrogen-bond donors (Lipinski definition) is 1. The molecule has 0 saturated carbocycles. The first kappa shape index (κ1) is 19.1. The van der Waals surface area contributed by atoms with Crippen LogP contribution in [0.4, 0.5) is 11.4 Å². The number of ether oxygens (including phenoxy) is 1. The fourth-order valence-corrected chi connectivity index (χ4v) is 4.72. The van der Waals surface area contributed by atoms with Gasteiger partial charge >= 0.3 is 0 Å². The molecule has 5 rings (SSSR count). The van der Waals surface area contributed by atoms with Crippen molar-refractivity contribution in [1.29, 1.82) is 0 Å². The summed E-state index contributed by atoms with van der Waals surface area (Å²) in [6.07, 6.45) is 0.922. The third kappa shape index (κ3) is 3.78. The molecular formula is C23H24N4O2S. The fraction of sp³-hybridized carbons (Fsp3) is 0.304. The van der Waals surface area contributed by atoms with Crippen molar-refractivity contribution in [3.05, 3.63) is 59.1 Å². The van der Waals surface area contributed by atoms with E-state index in [1.165, 1.54) is 16.9 Å². The van der Waals surface area contributed by atoms with Crippen molar-refractivity contribution < 1.29 is 9.53 Å². The molecule has 0 aliphatic carbocycles. The van der Waals surface area contributed by atoms with Crippen molar-refractivity contribution in [2.45, 2.75) is 6.42 Å². The predicted octanol–water partition coefficient (Wildman–Crippen LogP) is 3.75. The largest absolute Gasteiger partial charge is 0.493 e. The molecule has 6 nitrogen and oxygen atoms in total. The number of anilines is 2. The van der Waals surface area contributed by atoms with Crippen LogP contribution < -0.4 is 15.0 Å². The van der Waals surface area contributed by atoms with Gasteiger partial charge in [0.2, 0.25) is 0 Å². The number of piperazine rings is 1. The molecular weight excluding hydrogens is 396 g/mol. The van der Waals surface area contributed by atoms with Gasteiger partial charge in [0.1, 0.15) is 16.5 Å². The van der Waals surface area contributed by atoms with Crippen LogP contribution >= 0.6 is 11.3 Å². The Labute approximate surface area is 180 Å². The van der Waals surface area contributed by atoms with E-state index in [0.29, 0.717) is 5.69 Å². The first-order valence-electron chi connectivity index (χ1n) is 10.2. The summed E-state index contributed by atoms with van der Waals surface area (Å²) in [4.78, 5) is 22.2. The molecule has 30 heavy (non-hydrogen) atoms. The van der Waals surface area contributed by atoms with Gasteiger partial charge in [-0.2, -0.15) is 0 Å². The highest BCUT2D eigenvalue weighted by atomic mass is 32.1. The average Bonchev–Trinajstić information content (AvgIpc) is 3.44. The van der Waals surface area contributed by atoms with Crippen molar-refractivity contribution in [3.8, 4) is 16.3 Å². The van der Waals surface area contributed by atoms with E-state index in [0.717, 1.165) is 66.9 Å². The van der Waals surface area contributed by atoms with Crippen LogP contribution in [0, 0.1) is 0 Å². The summed E-state index contributed by atoms with van der Waals surface area (Å²) in [6, 6.07) is 14.1. The van der Waals surface area contributed by atoms with E-state index in [1.54, 1.807) is 0 Å². The van der Waals surface area contributed by atoms with Gasteiger partial charge < -0.3 is 19.9 Å². The van der Waals surface area contributed by atoms with Gasteiger partial charge in [-0.15, -0.1) is 11.3 Å². The molecule has 7 heteroatoms. The Kier molecular flexibility index (Phi) is 5.14. The topological polar surface area (TPSA) is 57.7 Å². The molecule has 1 aromatic heterocycles. The minimum absolute atomic E-state index is 0.177. The van der Waals surface area contributed by atoms with Crippen molar-refractivity contribution >= 4 is 28.6 Å². The van der Waals surface area contributed by atoms with Crippen molar-refractivity contribution in [2.75, 3.05) is 50.1 Å². The molecule has 3 heterocycles. The molecule has 0 bridgehead atoms. The summed E-state index contributed by atoms with van der Waals surface area (Å²) in [5, 5.41) is 5.75. The Bertz CT molecular complexity index is 1070. The lowest BCUT2D eigenvalue weighted by molar-refractivity contribution is 0.102. The summed E-state index contributed by atoms with van der Waals surface area (Å²) in [6.45, 7) is 4.67. The molecule has 2 aromatic carbocycles. The standard InChI is InChI=1S/C23H24N4O2S/c1-26-9-11-27(12-10-26)20-5-3-2-4-18(20)24-22(28)19-15-30-23(25-19)17-6-7-21-16(14-17)8-13-29-21/h2-7,14-15H,8-13H2,1H3,(H,24,28). The zero-order valence-electron chi connectivity index (χ0n) is 16.9. The molecule has 1 amide bonds. The molecule has 1 saturated heterocycles. The van der Waals surface area contributed by atoms with Crippen LogP contribution in [0.25, 0.3) is 10.6 Å². The minimum Gasteiger partial charge on any atom is -0.493 e. The zero-order valence-corrected chi connectivity index (χ0v) is 17.7. The fourth-order valence-electron chi connectivity index (χ4n) is 3.92. The van der Waals surface area contributed by atoms with Crippen molar-refractivity contribution in [1.82, 2.24) is 9.88 Å². The van der Waals surface area contributed by atoms with E-state index >= 15 is 0 Å². The number of nitrogens with one attached hydrogen (secondary N) is 1. The summed E-state index contributed by atoms with van der Waals surface area (Å²) in [5.74, 6) is 0.775. The van der Waals surface area contributed by atoms with Gasteiger partial charge in [-0.3, -0.25) is 4.79 Å². The Balaban J connectivity index is 1.33. The molecule has 1 fully saturated rings. The second-order valence-electron chi connectivity index (χ2n) is 7.72. The normalized spacial score (nSPS) is 16.2. The van der Waals surface area contributed by atoms with Crippen LogP contribution in [0.1, 0.15) is 16.1 Å². The maximum Gasteiger partial charge on any atom is 0.275 e. The number of carbonyl (C=O) groups excluding carboxylic acids is 1. The Morgan fingerprint density at radius 2 is 1.97 bits per heavy atom. The number of thiazole rings is 1. The highest BCUT2D eigenvalue weighted by Gasteiger charge is 2.20. The first-order chi connectivity index (χ1) is 14.7. The lowest BCUT2D eigenvalue weighted by atomic mass is 10.1. The Morgan fingerprint density at radius 3 is 2.83 bits per heavy atom. The number of likely N-dealkylation sites (N-methyl/N-ethyl adjacent to an activating group) is 1. The van der Waals surface area contributed by atoms with Gasteiger partial charge in [0.15, 0.2) is 0 Å². The number of benzene rings is 2. The van der Waals surface area contributed by atoms with E-state index in [2.05, 4.69) is 39.3 Å². The van der Waals surface area contributed by atoms with Gasteiger partial charge in [0.25, 0.3) is 5.91 Å². The molecule has 0 spiro atoms. The van der Waals surface area contributed by atoms with Gasteiger partial charge in [-0.1, -0.05) is 12.1 Å². The van der Waals surface area contributed by atoms with Crippen LogP contribution in [0.5, 0.6) is 5.75 Å². The summed E-state index contributed by atoms with van der Waals surface area (Å²) >= 11 is 1.49. The smallest absolute Gasteiger partial charge is 0.275 e. The summed E-state index contributed by atoms with van der Waals surface area (Å²) in [7, 11) is 2.14. The maximum absolute atomic E-state index is 12.9. The number of aromatic nitrogens is 1. The van der Waals surface area contributed by atoms with Crippen LogP contribution in [-0.4, -0.2) is 55.6 Å². The van der Waals surface area contributed by atoms with Crippen molar-refractivity contribution in [2.24, 2.45) is 0 Å². The predicted molar refractivity (Wildman–Crippen MR) is 121 cm³/mol. The van der Waals surface area contributed by atoms with E-state index in [-0.39, 0.29) is 5.91 Å². The molecule has 2 aliphatic heterocycles. The number of fused-ring (bicyclic) bond motifs is 1. The van der Waals surface area contributed by atoms with Crippen LogP contribution in [-0.2, 0) is 6.42 Å². The van der Waals surface area contributed by atoms with Crippen LogP contribution in [0.2, 0.25) is 0 Å². The SMILES string of the molecule is CN1CCN(c2ccccc2NC(=O)c2csc(-c3ccc4c(c3)CCO4)n2)CC1. The maximum atomic E-state index is 12.9. The van der Waals surface area contributed by atoms with E-state index in [1.807, 2.05) is 35.7 Å². The second-order valence-corrected chi connectivity index (χ2v) is 8.58. The van der Waals surface area contributed by atoms with E-state index in [9.17, 15) is 4.79 Å². The number of nitrogens with zero attached hydrogens (tertiary/aromatic N) is 3. The van der Waals surface area contributed by atoms with Crippen LogP contribution in [0.3, 0.4) is 0 Å². The zero-order chi connectivity index (χ0) is 20.5. The van der Waals surface area contributed by atoms with Crippen LogP contribution in [0.15, 0.2) is 47.8 Å². The molecule has 1 N–H and O–H groups in total. The lowest BCUT2D eigenvalue weighted by Gasteiger charge is -2.35. The molecule has 0 atom stereocenters. The number of amides is 1. The van der Waals surface area contributed by atoms with Gasteiger partial charge in [-0.25, -0.2) is 4.98 Å². The third-order valence-electron chi connectivity index (χ3n) is 5.67. The molecule has 3 aromatic rings.